The topological polar surface area (TPSA) is 103 Å². The van der Waals surface area contributed by atoms with Crippen LogP contribution in [0, 0.1) is 0 Å². The number of carbonyl (C=O) groups is 1. The van der Waals surface area contributed by atoms with Crippen molar-refractivity contribution in [3.05, 3.63) is 22.2 Å². The van der Waals surface area contributed by atoms with E-state index in [0.717, 1.165) is 11.1 Å². The van der Waals surface area contributed by atoms with Gasteiger partial charge in [-0.3, -0.25) is 0 Å². The van der Waals surface area contributed by atoms with Gasteiger partial charge in [0.1, 0.15) is 11.0 Å². The van der Waals surface area contributed by atoms with E-state index in [0.29, 0.717) is 16.6 Å². The molecule has 1 atom stereocenters. The number of hydrogen-bond acceptors (Lipinski definition) is 7. The molecule has 1 aromatic rings. The number of carbonyl (C=O) groups excluding carboxylic acids is 1. The lowest BCUT2D eigenvalue weighted by Crippen LogP contribution is -2.36. The molecule has 0 saturated carbocycles. The van der Waals surface area contributed by atoms with E-state index in [-0.39, 0.29) is 6.54 Å². The highest BCUT2D eigenvalue weighted by Crippen LogP contribution is 2.37. The number of amides is 2. The fraction of sp³-hybridized carbons (Fsp3) is 0.400. The maximum atomic E-state index is 12.0. The Kier molecular flexibility index (Phi) is 3.05. The Bertz CT molecular complexity index is 682. The number of nitrogens with zero attached hydrogens (tertiary/aromatic N) is 3. The van der Waals surface area contributed by atoms with Crippen molar-refractivity contribution in [1.82, 2.24) is 14.9 Å². The molecule has 1 saturated heterocycles. The van der Waals surface area contributed by atoms with Crippen LogP contribution in [0.5, 0.6) is 0 Å². The van der Waals surface area contributed by atoms with E-state index in [1.165, 1.54) is 16.2 Å². The first-order valence-corrected chi connectivity index (χ1v) is 7.91. The molecular formula is C10H10N3O5S2-. The molecule has 1 aromatic heterocycles. The third-order valence-electron chi connectivity index (χ3n) is 3.19. The summed E-state index contributed by atoms with van der Waals surface area (Å²) >= 11 is 1.38. The smallest absolute Gasteiger partial charge is 0.346 e. The molecule has 10 heteroatoms. The fourth-order valence-electron chi connectivity index (χ4n) is 2.49. The number of urea groups is 1. The molecule has 108 valence electrons. The highest BCUT2D eigenvalue weighted by Gasteiger charge is 2.46. The largest absolute Gasteiger partial charge is 0.724 e. The quantitative estimate of drug-likeness (QED) is 0.592. The van der Waals surface area contributed by atoms with Crippen LogP contribution in [0.25, 0.3) is 5.57 Å². The number of aromatic nitrogens is 1. The molecule has 2 aliphatic rings. The fourth-order valence-corrected chi connectivity index (χ4v) is 3.67. The van der Waals surface area contributed by atoms with Gasteiger partial charge in [0.25, 0.3) is 0 Å². The molecule has 2 amide bonds. The van der Waals surface area contributed by atoms with Gasteiger partial charge in [0.2, 0.25) is 10.4 Å². The third kappa shape index (κ3) is 2.20. The average molecular weight is 316 g/mol. The summed E-state index contributed by atoms with van der Waals surface area (Å²) in [7, 11) is -5.00. The van der Waals surface area contributed by atoms with Gasteiger partial charge in [-0.1, -0.05) is 0 Å². The van der Waals surface area contributed by atoms with Crippen LogP contribution in [-0.4, -0.2) is 53.1 Å². The number of fused-ring (bicyclic) bond motifs is 2. The summed E-state index contributed by atoms with van der Waals surface area (Å²) in [5.41, 5.74) is 1.64. The molecule has 0 aromatic carbocycles. The molecule has 0 spiro atoms. The Morgan fingerprint density at radius 3 is 2.90 bits per heavy atom. The SMILES string of the molecule is CC1=C(c2nccs2)C2CN(C1)C(=O)N2OS(=O)(=O)[O-]. The van der Waals surface area contributed by atoms with E-state index in [1.54, 1.807) is 11.6 Å². The van der Waals surface area contributed by atoms with E-state index < -0.39 is 22.5 Å². The monoisotopic (exact) mass is 316 g/mol. The molecule has 0 radical (unpaired) electrons. The Hall–Kier alpha value is -1.49. The van der Waals surface area contributed by atoms with Crippen LogP contribution in [0.3, 0.4) is 0 Å². The van der Waals surface area contributed by atoms with Gasteiger partial charge in [-0.15, -0.1) is 11.3 Å². The van der Waals surface area contributed by atoms with Crippen LogP contribution >= 0.6 is 11.3 Å². The molecule has 3 rings (SSSR count). The molecule has 2 bridgehead atoms. The molecular weight excluding hydrogens is 306 g/mol. The number of hydrogen-bond donors (Lipinski definition) is 0. The summed E-state index contributed by atoms with van der Waals surface area (Å²) in [4.78, 5) is 17.6. The molecule has 1 unspecified atom stereocenters. The van der Waals surface area contributed by atoms with Gasteiger partial charge in [0.05, 0.1) is 6.54 Å². The number of rotatable bonds is 3. The van der Waals surface area contributed by atoms with Crippen LogP contribution in [0.15, 0.2) is 17.2 Å². The van der Waals surface area contributed by atoms with Crippen LogP contribution in [0.2, 0.25) is 0 Å². The lowest BCUT2D eigenvalue weighted by atomic mass is 9.99. The molecule has 3 heterocycles. The summed E-state index contributed by atoms with van der Waals surface area (Å²) in [5.74, 6) is 0. The minimum Gasteiger partial charge on any atom is -0.724 e. The Morgan fingerprint density at radius 2 is 2.30 bits per heavy atom. The highest BCUT2D eigenvalue weighted by molar-refractivity contribution is 7.80. The van der Waals surface area contributed by atoms with E-state index >= 15 is 0 Å². The van der Waals surface area contributed by atoms with Crippen LogP contribution in [0.4, 0.5) is 4.79 Å². The molecule has 20 heavy (non-hydrogen) atoms. The van der Waals surface area contributed by atoms with Crippen molar-refractivity contribution in [2.24, 2.45) is 0 Å². The first-order chi connectivity index (χ1) is 9.37. The summed E-state index contributed by atoms with van der Waals surface area (Å²) in [6.45, 7) is 2.49. The minimum absolute atomic E-state index is 0.278. The van der Waals surface area contributed by atoms with Crippen LogP contribution in [-0.2, 0) is 14.7 Å². The van der Waals surface area contributed by atoms with Crippen molar-refractivity contribution >= 4 is 33.3 Å². The first kappa shape index (κ1) is 13.5. The van der Waals surface area contributed by atoms with Gasteiger partial charge in [-0.05, 0) is 12.5 Å². The van der Waals surface area contributed by atoms with Crippen molar-refractivity contribution in [3.8, 4) is 0 Å². The summed E-state index contributed by atoms with van der Waals surface area (Å²) in [6, 6.07) is -1.26. The molecule has 2 aliphatic heterocycles. The summed E-state index contributed by atoms with van der Waals surface area (Å²) in [5, 5.41) is 3.11. The molecule has 0 N–H and O–H groups in total. The normalized spacial score (nSPS) is 22.9. The van der Waals surface area contributed by atoms with Crippen molar-refractivity contribution in [3.63, 3.8) is 0 Å². The first-order valence-electron chi connectivity index (χ1n) is 5.70. The zero-order valence-electron chi connectivity index (χ0n) is 10.3. The second kappa shape index (κ2) is 4.52. The Morgan fingerprint density at radius 1 is 1.55 bits per heavy atom. The lowest BCUT2D eigenvalue weighted by Gasteiger charge is -2.26. The Balaban J connectivity index is 2.02. The van der Waals surface area contributed by atoms with Gasteiger partial charge in [0.15, 0.2) is 0 Å². The van der Waals surface area contributed by atoms with Gasteiger partial charge in [0, 0.05) is 23.7 Å². The van der Waals surface area contributed by atoms with E-state index in [9.17, 15) is 17.8 Å². The van der Waals surface area contributed by atoms with E-state index in [1.807, 2.05) is 6.92 Å². The Labute approximate surface area is 119 Å². The maximum absolute atomic E-state index is 12.0. The van der Waals surface area contributed by atoms with Crippen molar-refractivity contribution in [1.29, 1.82) is 0 Å². The highest BCUT2D eigenvalue weighted by atomic mass is 32.3. The van der Waals surface area contributed by atoms with Gasteiger partial charge in [-0.2, -0.15) is 9.35 Å². The van der Waals surface area contributed by atoms with Gasteiger partial charge < -0.3 is 9.45 Å². The number of hydroxylamine groups is 2. The standard InChI is InChI=1S/C10H11N3O5S2/c1-6-4-12-5-7(8(6)9-11-2-3-19-9)13(10(12)14)18-20(15,16)17/h2-3,7H,4-5H2,1H3,(H,15,16,17)/p-1. The summed E-state index contributed by atoms with van der Waals surface area (Å²) < 4.78 is 36.6. The molecule has 8 nitrogen and oxygen atoms in total. The minimum atomic E-state index is -5.00. The zero-order valence-corrected chi connectivity index (χ0v) is 12.0. The lowest BCUT2D eigenvalue weighted by molar-refractivity contribution is -0.0172. The molecule has 1 fully saturated rings. The van der Waals surface area contributed by atoms with Crippen LogP contribution in [0.1, 0.15) is 11.9 Å². The van der Waals surface area contributed by atoms with Gasteiger partial charge in [-0.25, -0.2) is 18.2 Å². The van der Waals surface area contributed by atoms with Crippen molar-refractivity contribution in [2.75, 3.05) is 13.1 Å². The number of thiazole rings is 1. The predicted molar refractivity (Wildman–Crippen MR) is 68.1 cm³/mol. The summed E-state index contributed by atoms with van der Waals surface area (Å²) in [6.07, 6.45) is 1.62. The molecule has 0 aliphatic carbocycles. The third-order valence-corrected chi connectivity index (χ3v) is 4.34. The van der Waals surface area contributed by atoms with Crippen molar-refractivity contribution < 1.29 is 22.0 Å². The van der Waals surface area contributed by atoms with Crippen LogP contribution < -0.4 is 0 Å². The van der Waals surface area contributed by atoms with Gasteiger partial charge >= 0.3 is 6.03 Å². The van der Waals surface area contributed by atoms with Crippen molar-refractivity contribution in [2.45, 2.75) is 13.0 Å². The van der Waals surface area contributed by atoms with E-state index in [4.69, 9.17) is 0 Å². The second-order valence-electron chi connectivity index (χ2n) is 4.52. The van der Waals surface area contributed by atoms with E-state index in [2.05, 4.69) is 9.27 Å². The zero-order chi connectivity index (χ0) is 14.5. The second-order valence-corrected chi connectivity index (χ2v) is 6.38. The average Bonchev–Trinajstić information content (AvgIpc) is 2.92. The maximum Gasteiger partial charge on any atom is 0.346 e. The predicted octanol–water partition coefficient (Wildman–Crippen LogP) is 0.428.